The fraction of sp³-hybridized carbons (Fsp3) is 0.556. The van der Waals surface area contributed by atoms with E-state index in [9.17, 15) is 0 Å². The van der Waals surface area contributed by atoms with Crippen LogP contribution >= 0.6 is 0 Å². The van der Waals surface area contributed by atoms with Crippen LogP contribution in [0.3, 0.4) is 0 Å². The molecule has 0 fully saturated rings. The molecule has 0 unspecified atom stereocenters. The van der Waals surface area contributed by atoms with E-state index in [4.69, 9.17) is 0 Å². The van der Waals surface area contributed by atoms with Crippen LogP contribution in [0.25, 0.3) is 0 Å². The van der Waals surface area contributed by atoms with Crippen molar-refractivity contribution in [1.82, 2.24) is 0 Å². The molecule has 0 amide bonds. The van der Waals surface area contributed by atoms with Gasteiger partial charge < -0.3 is 0 Å². The van der Waals surface area contributed by atoms with Gasteiger partial charge in [-0.2, -0.15) is 0 Å². The topological polar surface area (TPSA) is 0 Å². The van der Waals surface area contributed by atoms with Gasteiger partial charge in [0.05, 0.1) is 0 Å². The van der Waals surface area contributed by atoms with Gasteiger partial charge in [-0.15, -0.1) is 0 Å². The Morgan fingerprint density at radius 1 is 1.22 bits per heavy atom. The Morgan fingerprint density at radius 3 is 1.78 bits per heavy atom. The molecular weight excluding hydrogens is 108 g/mol. The van der Waals surface area contributed by atoms with E-state index in [1.807, 2.05) is 6.08 Å². The second-order valence-electron chi connectivity index (χ2n) is 1.78. The van der Waals surface area contributed by atoms with Crippen molar-refractivity contribution in [2.24, 2.45) is 0 Å². The summed E-state index contributed by atoms with van der Waals surface area (Å²) >= 11 is 0. The van der Waals surface area contributed by atoms with Crippen LogP contribution in [0.5, 0.6) is 0 Å². The molecule has 0 rings (SSSR count). The maximum absolute atomic E-state index is 3.51. The first-order valence-electron chi connectivity index (χ1n) is 3.60. The van der Waals surface area contributed by atoms with E-state index in [2.05, 4.69) is 33.4 Å². The molecule has 9 heavy (non-hydrogen) atoms. The van der Waals surface area contributed by atoms with Gasteiger partial charge in [-0.05, 0) is 6.42 Å². The van der Waals surface area contributed by atoms with Crippen LogP contribution in [0.4, 0.5) is 0 Å². The largest absolute Gasteiger partial charge is 0.0991 e. The molecule has 0 aliphatic carbocycles. The molecular formula is C9H18. The minimum absolute atomic E-state index is 1.10. The predicted molar refractivity (Wildman–Crippen MR) is 45.6 cm³/mol. The molecule has 0 spiro atoms. The first-order chi connectivity index (χ1) is 4.33. The Hall–Kier alpha value is -0.520. The molecule has 0 bridgehead atoms. The van der Waals surface area contributed by atoms with Crippen molar-refractivity contribution in [3.63, 3.8) is 0 Å². The lowest BCUT2D eigenvalue weighted by molar-refractivity contribution is 1.09. The molecule has 0 aliphatic rings. The molecule has 0 aromatic rings. The first-order valence-corrected chi connectivity index (χ1v) is 3.60. The van der Waals surface area contributed by atoms with Gasteiger partial charge in [0, 0.05) is 0 Å². The molecule has 0 N–H and O–H groups in total. The number of hydrogen-bond acceptors (Lipinski definition) is 0. The summed E-state index contributed by atoms with van der Waals surface area (Å²) in [5, 5.41) is 0. The monoisotopic (exact) mass is 126 g/mol. The lowest BCUT2D eigenvalue weighted by atomic mass is 10.4. The summed E-state index contributed by atoms with van der Waals surface area (Å²) in [6.07, 6.45) is 8.14. The zero-order valence-electron chi connectivity index (χ0n) is 6.85. The molecule has 0 radical (unpaired) electrons. The average molecular weight is 126 g/mol. The average Bonchev–Trinajstić information content (AvgIpc) is 1.86. The molecule has 0 aliphatic heterocycles. The highest BCUT2D eigenvalue weighted by atomic mass is 13.6. The minimum Gasteiger partial charge on any atom is -0.0991 e. The Morgan fingerprint density at radius 2 is 1.67 bits per heavy atom. The van der Waals surface area contributed by atoms with Crippen LogP contribution < -0.4 is 0 Å². The van der Waals surface area contributed by atoms with Crippen LogP contribution in [0.2, 0.25) is 0 Å². The van der Waals surface area contributed by atoms with Crippen molar-refractivity contribution in [2.45, 2.75) is 33.6 Å². The fourth-order valence-corrected chi connectivity index (χ4v) is 0.232. The van der Waals surface area contributed by atoms with E-state index in [0.29, 0.717) is 0 Å². The second kappa shape index (κ2) is 15.6. The van der Waals surface area contributed by atoms with Crippen molar-refractivity contribution < 1.29 is 0 Å². The maximum Gasteiger partial charge on any atom is -0.0376 e. The van der Waals surface area contributed by atoms with Crippen LogP contribution in [0.1, 0.15) is 33.6 Å². The summed E-state index contributed by atoms with van der Waals surface area (Å²) in [7, 11) is 0. The summed E-state index contributed by atoms with van der Waals surface area (Å²) < 4.78 is 0. The van der Waals surface area contributed by atoms with E-state index >= 15 is 0 Å². The fourth-order valence-electron chi connectivity index (χ4n) is 0.232. The third-order valence-corrected chi connectivity index (χ3v) is 0.508. The van der Waals surface area contributed by atoms with Gasteiger partial charge >= 0.3 is 0 Å². The highest BCUT2D eigenvalue weighted by Gasteiger charge is 1.55. The van der Waals surface area contributed by atoms with Crippen LogP contribution in [-0.4, -0.2) is 0 Å². The molecule has 54 valence electrons. The smallest absolute Gasteiger partial charge is 0.0376 e. The quantitative estimate of drug-likeness (QED) is 0.496. The van der Waals surface area contributed by atoms with Crippen molar-refractivity contribution >= 4 is 0 Å². The minimum atomic E-state index is 1.10. The Bertz CT molecular complexity index is 60.4. The van der Waals surface area contributed by atoms with Crippen LogP contribution in [0.15, 0.2) is 24.8 Å². The van der Waals surface area contributed by atoms with Crippen molar-refractivity contribution in [1.29, 1.82) is 0 Å². The van der Waals surface area contributed by atoms with Crippen LogP contribution in [0, 0.1) is 0 Å². The van der Waals surface area contributed by atoms with Gasteiger partial charge in [-0.1, -0.05) is 52.0 Å². The Kier molecular flexibility index (Phi) is 19.6. The van der Waals surface area contributed by atoms with E-state index in [0.717, 1.165) is 6.42 Å². The van der Waals surface area contributed by atoms with E-state index in [1.54, 1.807) is 6.08 Å². The summed E-state index contributed by atoms with van der Waals surface area (Å²) in [6.45, 7) is 9.86. The van der Waals surface area contributed by atoms with Crippen LogP contribution in [-0.2, 0) is 0 Å². The summed E-state index contributed by atoms with van der Waals surface area (Å²) in [5.74, 6) is 0. The van der Waals surface area contributed by atoms with Gasteiger partial charge in [0.15, 0.2) is 0 Å². The molecule has 0 heterocycles. The predicted octanol–water partition coefficient (Wildman–Crippen LogP) is 3.55. The van der Waals surface area contributed by atoms with Crippen molar-refractivity contribution in [3.05, 3.63) is 24.8 Å². The molecule has 0 aromatic heterocycles. The van der Waals surface area contributed by atoms with E-state index < -0.39 is 0 Å². The molecule has 0 atom stereocenters. The SMILES string of the molecule is C=C/C=C\CC.CCC. The van der Waals surface area contributed by atoms with Gasteiger partial charge in [0.25, 0.3) is 0 Å². The summed E-state index contributed by atoms with van der Waals surface area (Å²) in [6, 6.07) is 0. The van der Waals surface area contributed by atoms with Gasteiger partial charge in [-0.3, -0.25) is 0 Å². The maximum atomic E-state index is 3.51. The number of allylic oxidation sites excluding steroid dienone is 3. The lowest BCUT2D eigenvalue weighted by Gasteiger charge is -1.67. The molecule has 0 heteroatoms. The lowest BCUT2D eigenvalue weighted by Crippen LogP contribution is -1.46. The Balaban J connectivity index is 0. The summed E-state index contributed by atoms with van der Waals surface area (Å²) in [4.78, 5) is 0. The third kappa shape index (κ3) is 36.5. The highest BCUT2D eigenvalue weighted by Crippen LogP contribution is 1.76. The van der Waals surface area contributed by atoms with Crippen molar-refractivity contribution in [2.75, 3.05) is 0 Å². The molecule has 0 saturated heterocycles. The standard InChI is InChI=1S/C6H10.C3H8/c1-3-5-6-4-2;1-3-2/h3,5-6H,1,4H2,2H3;3H2,1-2H3/b6-5-;. The molecule has 0 saturated carbocycles. The zero-order chi connectivity index (χ0) is 7.54. The molecule has 0 nitrogen and oxygen atoms in total. The number of rotatable bonds is 2. The third-order valence-electron chi connectivity index (χ3n) is 0.508. The zero-order valence-corrected chi connectivity index (χ0v) is 6.85. The normalized spacial score (nSPS) is 8.33. The van der Waals surface area contributed by atoms with E-state index in [-0.39, 0.29) is 0 Å². The number of hydrogen-bond donors (Lipinski definition) is 0. The summed E-state index contributed by atoms with van der Waals surface area (Å²) in [5.41, 5.74) is 0. The van der Waals surface area contributed by atoms with Gasteiger partial charge in [-0.25, -0.2) is 0 Å². The van der Waals surface area contributed by atoms with Gasteiger partial charge in [0.2, 0.25) is 0 Å². The first kappa shape index (κ1) is 11.3. The second-order valence-corrected chi connectivity index (χ2v) is 1.78. The van der Waals surface area contributed by atoms with Crippen molar-refractivity contribution in [3.8, 4) is 0 Å². The Labute approximate surface area is 59.3 Å². The van der Waals surface area contributed by atoms with E-state index in [1.165, 1.54) is 6.42 Å². The molecule has 0 aromatic carbocycles. The van der Waals surface area contributed by atoms with Gasteiger partial charge in [0.1, 0.15) is 0 Å². The highest BCUT2D eigenvalue weighted by molar-refractivity contribution is 4.96.